The molecule has 4 heterocycles. The highest BCUT2D eigenvalue weighted by molar-refractivity contribution is 5.81. The van der Waals surface area contributed by atoms with Crippen LogP contribution in [0.4, 0.5) is 0 Å². The first-order valence-electron chi connectivity index (χ1n) is 8.12. The SMILES string of the molecule is c1ccc(-c2nnn(-c3cccc(-n4ccc5ccncc54)c3)n2)nc1. The Hall–Kier alpha value is -3.87. The van der Waals surface area contributed by atoms with Crippen LogP contribution in [-0.4, -0.2) is 34.7 Å². The van der Waals surface area contributed by atoms with E-state index in [-0.39, 0.29) is 0 Å². The van der Waals surface area contributed by atoms with Gasteiger partial charge in [0, 0.05) is 29.7 Å². The zero-order valence-electron chi connectivity index (χ0n) is 13.6. The molecule has 0 aliphatic heterocycles. The first-order chi connectivity index (χ1) is 12.9. The minimum absolute atomic E-state index is 0.492. The molecule has 124 valence electrons. The largest absolute Gasteiger partial charge is 0.315 e. The Bertz CT molecular complexity index is 1190. The number of fused-ring (bicyclic) bond motifs is 1. The Morgan fingerprint density at radius 2 is 1.81 bits per heavy atom. The van der Waals surface area contributed by atoms with E-state index in [0.29, 0.717) is 11.5 Å². The van der Waals surface area contributed by atoms with E-state index < -0.39 is 0 Å². The van der Waals surface area contributed by atoms with Gasteiger partial charge in [-0.1, -0.05) is 12.1 Å². The van der Waals surface area contributed by atoms with Crippen LogP contribution in [0, 0.1) is 0 Å². The Morgan fingerprint density at radius 1 is 0.846 bits per heavy atom. The summed E-state index contributed by atoms with van der Waals surface area (Å²) in [7, 11) is 0. The fraction of sp³-hybridized carbons (Fsp3) is 0. The lowest BCUT2D eigenvalue weighted by molar-refractivity contribution is 0.719. The summed E-state index contributed by atoms with van der Waals surface area (Å²) in [6.07, 6.45) is 7.39. The summed E-state index contributed by atoms with van der Waals surface area (Å²) in [5.41, 5.74) is 3.56. The lowest BCUT2D eigenvalue weighted by Crippen LogP contribution is -2.01. The Kier molecular flexibility index (Phi) is 3.28. The number of hydrogen-bond donors (Lipinski definition) is 0. The standard InChI is InChI=1S/C19H13N7/c1-2-9-21-17(6-1)19-22-24-26(23-19)16-5-3-4-15(12-16)25-11-8-14-7-10-20-13-18(14)25/h1-13H. The molecule has 7 heteroatoms. The molecule has 4 aromatic heterocycles. The predicted octanol–water partition coefficient (Wildman–Crippen LogP) is 3.06. The van der Waals surface area contributed by atoms with Gasteiger partial charge in [0.1, 0.15) is 5.69 Å². The maximum absolute atomic E-state index is 4.45. The molecule has 7 nitrogen and oxygen atoms in total. The second-order valence-electron chi connectivity index (χ2n) is 5.76. The normalized spacial score (nSPS) is 11.1. The van der Waals surface area contributed by atoms with E-state index in [1.165, 1.54) is 4.80 Å². The van der Waals surface area contributed by atoms with Gasteiger partial charge in [-0.25, -0.2) is 0 Å². The van der Waals surface area contributed by atoms with E-state index in [4.69, 9.17) is 0 Å². The van der Waals surface area contributed by atoms with Crippen molar-refractivity contribution in [3.63, 3.8) is 0 Å². The molecular formula is C19H13N7. The van der Waals surface area contributed by atoms with Crippen LogP contribution in [0.25, 0.3) is 33.8 Å². The van der Waals surface area contributed by atoms with Gasteiger partial charge in [-0.05, 0) is 47.7 Å². The maximum Gasteiger partial charge on any atom is 0.223 e. The van der Waals surface area contributed by atoms with Crippen LogP contribution in [-0.2, 0) is 0 Å². The van der Waals surface area contributed by atoms with Crippen molar-refractivity contribution in [3.05, 3.63) is 79.4 Å². The van der Waals surface area contributed by atoms with Crippen molar-refractivity contribution in [2.75, 3.05) is 0 Å². The second kappa shape index (κ2) is 5.89. The Balaban J connectivity index is 1.56. The zero-order valence-corrected chi connectivity index (χ0v) is 13.6. The molecule has 0 aliphatic carbocycles. The van der Waals surface area contributed by atoms with Crippen molar-refractivity contribution in [1.82, 2.24) is 34.7 Å². The molecule has 0 N–H and O–H groups in total. The molecule has 0 amide bonds. The molecule has 0 fully saturated rings. The summed E-state index contributed by atoms with van der Waals surface area (Å²) in [5.74, 6) is 0.492. The van der Waals surface area contributed by atoms with Gasteiger partial charge in [-0.2, -0.15) is 0 Å². The average molecular weight is 339 g/mol. The van der Waals surface area contributed by atoms with Crippen molar-refractivity contribution in [1.29, 1.82) is 0 Å². The van der Waals surface area contributed by atoms with Crippen molar-refractivity contribution < 1.29 is 0 Å². The van der Waals surface area contributed by atoms with Gasteiger partial charge >= 0.3 is 0 Å². The number of rotatable bonds is 3. The smallest absolute Gasteiger partial charge is 0.223 e. The van der Waals surface area contributed by atoms with Crippen molar-refractivity contribution in [3.8, 4) is 22.9 Å². The predicted molar refractivity (Wildman–Crippen MR) is 97.0 cm³/mol. The molecule has 0 spiro atoms. The quantitative estimate of drug-likeness (QED) is 0.505. The van der Waals surface area contributed by atoms with E-state index in [1.807, 2.05) is 60.9 Å². The topological polar surface area (TPSA) is 74.3 Å². The first kappa shape index (κ1) is 14.5. The van der Waals surface area contributed by atoms with Crippen LogP contribution in [0.2, 0.25) is 0 Å². The van der Waals surface area contributed by atoms with Gasteiger partial charge in [-0.3, -0.25) is 9.97 Å². The number of benzene rings is 1. The van der Waals surface area contributed by atoms with Crippen LogP contribution >= 0.6 is 0 Å². The summed E-state index contributed by atoms with van der Waals surface area (Å²) in [4.78, 5) is 9.99. The molecule has 1 aromatic carbocycles. The van der Waals surface area contributed by atoms with Crippen molar-refractivity contribution in [2.24, 2.45) is 0 Å². The molecule has 0 radical (unpaired) electrons. The molecule has 0 aliphatic rings. The van der Waals surface area contributed by atoms with Crippen LogP contribution in [0.15, 0.2) is 79.4 Å². The minimum atomic E-state index is 0.492. The fourth-order valence-electron chi connectivity index (χ4n) is 2.89. The van der Waals surface area contributed by atoms with Crippen LogP contribution in [0.3, 0.4) is 0 Å². The highest BCUT2D eigenvalue weighted by atomic mass is 15.6. The molecule has 5 aromatic rings. The average Bonchev–Trinajstić information content (AvgIpc) is 3.36. The van der Waals surface area contributed by atoms with Gasteiger partial charge in [-0.15, -0.1) is 15.0 Å². The van der Waals surface area contributed by atoms with Crippen LogP contribution in [0.5, 0.6) is 0 Å². The molecule has 0 atom stereocenters. The molecule has 5 rings (SSSR count). The van der Waals surface area contributed by atoms with E-state index in [2.05, 4.69) is 36.0 Å². The number of pyridine rings is 2. The summed E-state index contributed by atoms with van der Waals surface area (Å²) in [5, 5.41) is 13.9. The number of hydrogen-bond acceptors (Lipinski definition) is 5. The lowest BCUT2D eigenvalue weighted by atomic mass is 10.2. The monoisotopic (exact) mass is 339 g/mol. The van der Waals surface area contributed by atoms with Gasteiger partial charge in [0.2, 0.25) is 5.82 Å². The lowest BCUT2D eigenvalue weighted by Gasteiger charge is -2.07. The molecule has 0 unspecified atom stereocenters. The third kappa shape index (κ3) is 2.42. The molecule has 0 saturated carbocycles. The second-order valence-corrected chi connectivity index (χ2v) is 5.76. The third-order valence-corrected chi connectivity index (χ3v) is 4.14. The van der Waals surface area contributed by atoms with Crippen LogP contribution < -0.4 is 0 Å². The molecule has 0 bridgehead atoms. The molecule has 26 heavy (non-hydrogen) atoms. The summed E-state index contributed by atoms with van der Waals surface area (Å²) >= 11 is 0. The number of aromatic nitrogens is 7. The van der Waals surface area contributed by atoms with Crippen molar-refractivity contribution >= 4 is 10.9 Å². The maximum atomic E-state index is 4.45. The summed E-state index contributed by atoms with van der Waals surface area (Å²) in [6, 6.07) is 17.6. The minimum Gasteiger partial charge on any atom is -0.315 e. The summed E-state index contributed by atoms with van der Waals surface area (Å²) in [6.45, 7) is 0. The Labute approximate surface area is 148 Å². The van der Waals surface area contributed by atoms with Gasteiger partial charge < -0.3 is 4.57 Å². The number of nitrogens with zero attached hydrogens (tertiary/aromatic N) is 7. The van der Waals surface area contributed by atoms with Crippen LogP contribution in [0.1, 0.15) is 0 Å². The Morgan fingerprint density at radius 3 is 2.73 bits per heavy atom. The summed E-state index contributed by atoms with van der Waals surface area (Å²) < 4.78 is 2.09. The highest BCUT2D eigenvalue weighted by Crippen LogP contribution is 2.21. The third-order valence-electron chi connectivity index (χ3n) is 4.14. The fourth-order valence-corrected chi connectivity index (χ4v) is 2.89. The van der Waals surface area contributed by atoms with Crippen molar-refractivity contribution in [2.45, 2.75) is 0 Å². The number of tetrazole rings is 1. The zero-order chi connectivity index (χ0) is 17.3. The van der Waals surface area contributed by atoms with Gasteiger partial charge in [0.15, 0.2) is 0 Å². The molecule has 0 saturated heterocycles. The van der Waals surface area contributed by atoms with E-state index in [1.54, 1.807) is 12.4 Å². The van der Waals surface area contributed by atoms with E-state index in [0.717, 1.165) is 22.3 Å². The van der Waals surface area contributed by atoms with E-state index in [9.17, 15) is 0 Å². The first-order valence-corrected chi connectivity index (χ1v) is 8.12. The van der Waals surface area contributed by atoms with Gasteiger partial charge in [0.25, 0.3) is 0 Å². The van der Waals surface area contributed by atoms with E-state index >= 15 is 0 Å². The van der Waals surface area contributed by atoms with Gasteiger partial charge in [0.05, 0.1) is 17.4 Å². The molecular weight excluding hydrogens is 326 g/mol. The highest BCUT2D eigenvalue weighted by Gasteiger charge is 2.09.